The van der Waals surface area contributed by atoms with E-state index < -0.39 is 0 Å². The van der Waals surface area contributed by atoms with E-state index in [1.54, 1.807) is 5.38 Å². The molecule has 1 fully saturated rings. The van der Waals surface area contributed by atoms with Gasteiger partial charge in [0, 0.05) is 11.1 Å². The lowest BCUT2D eigenvalue weighted by Crippen LogP contribution is -2.46. The molecule has 3 aromatic rings. The highest BCUT2D eigenvalue weighted by atomic mass is 32.1. The molecule has 1 aliphatic rings. The standard InChI is InChI=1S/C23H25N3O2S/c27-22(20-16-29-23(26-20)24-18-11-5-2-6-12-18)25-19-13-7-8-14-21(19)28-15-17-9-3-1-4-10-17/h1-6,9-12,16,19,21H,7-8,13-15H2,(H,24,26)(H,25,27)/t19-,21-/m0/s1. The molecular weight excluding hydrogens is 382 g/mol. The second kappa shape index (κ2) is 9.67. The molecule has 0 radical (unpaired) electrons. The number of nitrogens with one attached hydrogen (secondary N) is 2. The molecule has 150 valence electrons. The van der Waals surface area contributed by atoms with Crippen molar-refractivity contribution in [2.24, 2.45) is 0 Å². The van der Waals surface area contributed by atoms with E-state index in [0.29, 0.717) is 17.4 Å². The number of aromatic nitrogens is 1. The predicted molar refractivity (Wildman–Crippen MR) is 117 cm³/mol. The minimum absolute atomic E-state index is 0.0206. The number of rotatable bonds is 7. The Balaban J connectivity index is 1.34. The summed E-state index contributed by atoms with van der Waals surface area (Å²) in [6, 6.07) is 20.0. The number of nitrogens with zero attached hydrogens (tertiary/aromatic N) is 1. The number of benzene rings is 2. The van der Waals surface area contributed by atoms with Gasteiger partial charge in [0.2, 0.25) is 0 Å². The van der Waals surface area contributed by atoms with Gasteiger partial charge in [0.1, 0.15) is 5.69 Å². The van der Waals surface area contributed by atoms with Crippen molar-refractivity contribution >= 4 is 28.1 Å². The third kappa shape index (κ3) is 5.43. The fourth-order valence-corrected chi connectivity index (χ4v) is 4.27. The molecule has 2 N–H and O–H groups in total. The van der Waals surface area contributed by atoms with Gasteiger partial charge in [0.05, 0.1) is 18.8 Å². The SMILES string of the molecule is O=C(N[C@H]1CCCC[C@@H]1OCc1ccccc1)c1csc(Nc2ccccc2)n1. The number of hydrogen-bond acceptors (Lipinski definition) is 5. The highest BCUT2D eigenvalue weighted by Gasteiger charge is 2.28. The van der Waals surface area contributed by atoms with Gasteiger partial charge in [-0.1, -0.05) is 61.4 Å². The third-order valence-electron chi connectivity index (χ3n) is 5.09. The van der Waals surface area contributed by atoms with Crippen LogP contribution in [0, 0.1) is 0 Å². The molecular formula is C23H25N3O2S. The van der Waals surface area contributed by atoms with Crippen LogP contribution in [0.25, 0.3) is 0 Å². The van der Waals surface area contributed by atoms with Crippen molar-refractivity contribution < 1.29 is 9.53 Å². The first-order chi connectivity index (χ1) is 14.3. The van der Waals surface area contributed by atoms with Gasteiger partial charge in [0.15, 0.2) is 5.13 Å². The number of hydrogen-bond donors (Lipinski definition) is 2. The van der Waals surface area contributed by atoms with Crippen molar-refractivity contribution in [1.29, 1.82) is 0 Å². The number of carbonyl (C=O) groups is 1. The van der Waals surface area contributed by atoms with E-state index in [9.17, 15) is 4.79 Å². The van der Waals surface area contributed by atoms with Crippen molar-refractivity contribution in [3.05, 3.63) is 77.3 Å². The first-order valence-electron chi connectivity index (χ1n) is 10.0. The lowest BCUT2D eigenvalue weighted by Gasteiger charge is -2.32. The number of ether oxygens (including phenoxy) is 1. The molecule has 4 rings (SSSR count). The van der Waals surface area contributed by atoms with Gasteiger partial charge >= 0.3 is 0 Å². The monoisotopic (exact) mass is 407 g/mol. The number of anilines is 2. The molecule has 5 nitrogen and oxygen atoms in total. The quantitative estimate of drug-likeness (QED) is 0.569. The van der Waals surface area contributed by atoms with E-state index in [2.05, 4.69) is 27.8 Å². The zero-order valence-corrected chi connectivity index (χ0v) is 17.0. The van der Waals surface area contributed by atoms with Crippen LogP contribution in [0.2, 0.25) is 0 Å². The molecule has 0 unspecified atom stereocenters. The summed E-state index contributed by atoms with van der Waals surface area (Å²) < 4.78 is 6.16. The molecule has 1 aliphatic carbocycles. The van der Waals surface area contributed by atoms with Crippen LogP contribution in [-0.4, -0.2) is 23.0 Å². The van der Waals surface area contributed by atoms with Crippen LogP contribution < -0.4 is 10.6 Å². The van der Waals surface area contributed by atoms with Crippen molar-refractivity contribution in [2.75, 3.05) is 5.32 Å². The zero-order chi connectivity index (χ0) is 19.9. The summed E-state index contributed by atoms with van der Waals surface area (Å²) in [5.41, 5.74) is 2.55. The topological polar surface area (TPSA) is 63.2 Å². The number of thiazole rings is 1. The van der Waals surface area contributed by atoms with Crippen LogP contribution in [0.5, 0.6) is 0 Å². The van der Waals surface area contributed by atoms with Crippen molar-refractivity contribution in [3.8, 4) is 0 Å². The van der Waals surface area contributed by atoms with Gasteiger partial charge in [-0.15, -0.1) is 11.3 Å². The van der Waals surface area contributed by atoms with Crippen LogP contribution >= 0.6 is 11.3 Å². The largest absolute Gasteiger partial charge is 0.371 e. The van der Waals surface area contributed by atoms with Crippen molar-refractivity contribution in [3.63, 3.8) is 0 Å². The maximum atomic E-state index is 12.7. The van der Waals surface area contributed by atoms with Crippen LogP contribution in [0.4, 0.5) is 10.8 Å². The summed E-state index contributed by atoms with van der Waals surface area (Å²) in [4.78, 5) is 17.2. The number of amides is 1. The lowest BCUT2D eigenvalue weighted by atomic mass is 9.92. The van der Waals surface area contributed by atoms with E-state index in [0.717, 1.165) is 36.9 Å². The molecule has 1 amide bonds. The van der Waals surface area contributed by atoms with Gasteiger partial charge in [-0.3, -0.25) is 4.79 Å². The molecule has 2 atom stereocenters. The fraction of sp³-hybridized carbons (Fsp3) is 0.304. The Bertz CT molecular complexity index is 914. The first-order valence-corrected chi connectivity index (χ1v) is 10.9. The fourth-order valence-electron chi connectivity index (χ4n) is 3.56. The molecule has 0 bridgehead atoms. The smallest absolute Gasteiger partial charge is 0.271 e. The van der Waals surface area contributed by atoms with Crippen molar-refractivity contribution in [2.45, 2.75) is 44.4 Å². The van der Waals surface area contributed by atoms with Gasteiger partial charge in [0.25, 0.3) is 5.91 Å². The van der Waals surface area contributed by atoms with Crippen LogP contribution in [-0.2, 0) is 11.3 Å². The molecule has 0 spiro atoms. The Hall–Kier alpha value is -2.70. The summed E-state index contributed by atoms with van der Waals surface area (Å²) >= 11 is 1.43. The second-order valence-electron chi connectivity index (χ2n) is 7.23. The lowest BCUT2D eigenvalue weighted by molar-refractivity contribution is -0.00465. The summed E-state index contributed by atoms with van der Waals surface area (Å²) in [6.07, 6.45) is 4.18. The Morgan fingerprint density at radius 1 is 1.03 bits per heavy atom. The van der Waals surface area contributed by atoms with Crippen LogP contribution in [0.1, 0.15) is 41.7 Å². The maximum Gasteiger partial charge on any atom is 0.271 e. The Labute approximate surface area is 175 Å². The minimum atomic E-state index is -0.137. The molecule has 1 aromatic heterocycles. The summed E-state index contributed by atoms with van der Waals surface area (Å²) in [5.74, 6) is -0.137. The van der Waals surface area contributed by atoms with Gasteiger partial charge in [-0.2, -0.15) is 0 Å². The first kappa shape index (κ1) is 19.6. The maximum absolute atomic E-state index is 12.7. The highest BCUT2D eigenvalue weighted by Crippen LogP contribution is 2.24. The number of carbonyl (C=O) groups excluding carboxylic acids is 1. The zero-order valence-electron chi connectivity index (χ0n) is 16.2. The second-order valence-corrected chi connectivity index (χ2v) is 8.09. The van der Waals surface area contributed by atoms with Crippen LogP contribution in [0.3, 0.4) is 0 Å². The van der Waals surface area contributed by atoms with Gasteiger partial charge < -0.3 is 15.4 Å². The third-order valence-corrected chi connectivity index (χ3v) is 5.85. The summed E-state index contributed by atoms with van der Waals surface area (Å²) in [5, 5.41) is 8.89. The Kier molecular flexibility index (Phi) is 6.54. The summed E-state index contributed by atoms with van der Waals surface area (Å²) in [7, 11) is 0. The molecule has 29 heavy (non-hydrogen) atoms. The average Bonchev–Trinajstić information content (AvgIpc) is 3.23. The minimum Gasteiger partial charge on any atom is -0.371 e. The highest BCUT2D eigenvalue weighted by molar-refractivity contribution is 7.14. The van der Waals surface area contributed by atoms with Gasteiger partial charge in [-0.05, 0) is 30.5 Å². The average molecular weight is 408 g/mol. The summed E-state index contributed by atoms with van der Waals surface area (Å²) in [6.45, 7) is 0.569. The molecule has 6 heteroatoms. The molecule has 2 aromatic carbocycles. The molecule has 1 heterocycles. The Morgan fingerprint density at radius 3 is 2.55 bits per heavy atom. The molecule has 1 saturated carbocycles. The molecule has 0 aliphatic heterocycles. The normalized spacial score (nSPS) is 18.9. The van der Waals surface area contributed by atoms with Crippen molar-refractivity contribution in [1.82, 2.24) is 10.3 Å². The number of para-hydroxylation sites is 1. The Morgan fingerprint density at radius 2 is 1.76 bits per heavy atom. The van der Waals surface area contributed by atoms with Crippen LogP contribution in [0.15, 0.2) is 66.0 Å². The van der Waals surface area contributed by atoms with E-state index in [1.807, 2.05) is 48.5 Å². The predicted octanol–water partition coefficient (Wildman–Crippen LogP) is 5.14. The van der Waals surface area contributed by atoms with Gasteiger partial charge in [-0.25, -0.2) is 4.98 Å². The van der Waals surface area contributed by atoms with E-state index in [1.165, 1.54) is 11.3 Å². The van der Waals surface area contributed by atoms with E-state index in [-0.39, 0.29) is 18.1 Å². The molecule has 0 saturated heterocycles. The van der Waals surface area contributed by atoms with E-state index in [4.69, 9.17) is 4.74 Å². The van der Waals surface area contributed by atoms with E-state index >= 15 is 0 Å².